The number of hydrogen-bond acceptors (Lipinski definition) is 9. The van der Waals surface area contributed by atoms with Crippen molar-refractivity contribution in [2.45, 2.75) is 45.1 Å². The molecule has 1 N–H and O–H groups in total. The Morgan fingerprint density at radius 2 is 1.79 bits per heavy atom. The minimum atomic E-state index is -4.80. The fraction of sp³-hybridized carbons (Fsp3) is 0.333. The zero-order valence-corrected chi connectivity index (χ0v) is 21.2. The molecule has 9 nitrogen and oxygen atoms in total. The fourth-order valence-electron chi connectivity index (χ4n) is 4.28. The lowest BCUT2D eigenvalue weighted by Gasteiger charge is -2.30. The van der Waals surface area contributed by atoms with Gasteiger partial charge in [-0.1, -0.05) is 52.8 Å². The van der Waals surface area contributed by atoms with Crippen molar-refractivity contribution >= 4 is 5.97 Å². The number of nitrogens with zero attached hydrogens (tertiary/aromatic N) is 3. The lowest BCUT2D eigenvalue weighted by molar-refractivity contribution is -0.157. The van der Waals surface area contributed by atoms with Crippen molar-refractivity contribution in [2.24, 2.45) is 5.92 Å². The van der Waals surface area contributed by atoms with Gasteiger partial charge in [0.2, 0.25) is 11.6 Å². The van der Waals surface area contributed by atoms with E-state index in [-0.39, 0.29) is 24.4 Å². The van der Waals surface area contributed by atoms with Gasteiger partial charge in [0, 0.05) is 22.6 Å². The summed E-state index contributed by atoms with van der Waals surface area (Å²) in [5.41, 5.74) is -1.13. The summed E-state index contributed by atoms with van der Waals surface area (Å²) >= 11 is 0. The Hall–Kier alpha value is -4.19. The van der Waals surface area contributed by atoms with E-state index in [0.29, 0.717) is 16.9 Å². The van der Waals surface area contributed by atoms with Crippen LogP contribution in [0.25, 0.3) is 34.3 Å². The minimum Gasteiger partial charge on any atom is -0.493 e. The van der Waals surface area contributed by atoms with Crippen molar-refractivity contribution in [3.05, 3.63) is 59.7 Å². The Kier molecular flexibility index (Phi) is 6.67. The smallest absolute Gasteiger partial charge is 0.422 e. The first-order valence-corrected chi connectivity index (χ1v) is 12.0. The molecule has 0 aliphatic carbocycles. The molecule has 39 heavy (non-hydrogen) atoms. The van der Waals surface area contributed by atoms with E-state index in [4.69, 9.17) is 18.5 Å². The minimum absolute atomic E-state index is 0.0208. The third kappa shape index (κ3) is 5.51. The first kappa shape index (κ1) is 26.4. The average Bonchev–Trinajstić information content (AvgIpc) is 3.53. The molecule has 2 aromatic carbocycles. The average molecular weight is 543 g/mol. The molecule has 0 bridgehead atoms. The van der Waals surface area contributed by atoms with Gasteiger partial charge in [0.25, 0.3) is 5.89 Å². The van der Waals surface area contributed by atoms with Gasteiger partial charge in [-0.3, -0.25) is 4.79 Å². The molecular formula is C27H24F3N3O6. The van der Waals surface area contributed by atoms with Gasteiger partial charge in [-0.05, 0) is 26.8 Å². The Balaban J connectivity index is 1.40. The van der Waals surface area contributed by atoms with Crippen LogP contribution in [0.2, 0.25) is 0 Å². The van der Waals surface area contributed by atoms with Crippen molar-refractivity contribution in [1.29, 1.82) is 0 Å². The van der Waals surface area contributed by atoms with E-state index in [1.54, 1.807) is 51.1 Å². The second-order valence-electron chi connectivity index (χ2n) is 10.1. The van der Waals surface area contributed by atoms with E-state index < -0.39 is 52.7 Å². The molecule has 0 amide bonds. The molecule has 5 rings (SSSR count). The van der Waals surface area contributed by atoms with Crippen LogP contribution in [0.15, 0.2) is 57.6 Å². The highest BCUT2D eigenvalue weighted by Crippen LogP contribution is 2.44. The number of fused-ring (bicyclic) bond motifs is 1. The SMILES string of the molecule is CC(C)(C)OC(=O)C[C@@H]1COc2cc(-c3noc(-c4onc(-c5ccccc5)c4C(F)(F)F)n3)ccc2[C@@H]1O. The number of benzene rings is 2. The van der Waals surface area contributed by atoms with Gasteiger partial charge in [-0.25, -0.2) is 0 Å². The van der Waals surface area contributed by atoms with E-state index in [2.05, 4.69) is 15.3 Å². The summed E-state index contributed by atoms with van der Waals surface area (Å²) in [6.45, 7) is 5.33. The molecule has 1 aliphatic heterocycles. The molecule has 3 heterocycles. The molecule has 0 unspecified atom stereocenters. The van der Waals surface area contributed by atoms with Crippen LogP contribution in [0.4, 0.5) is 13.2 Å². The lowest BCUT2D eigenvalue weighted by atomic mass is 9.90. The van der Waals surface area contributed by atoms with Crippen molar-refractivity contribution in [3.8, 4) is 40.0 Å². The lowest BCUT2D eigenvalue weighted by Crippen LogP contribution is -2.31. The maximum Gasteiger partial charge on any atom is 0.422 e. The van der Waals surface area contributed by atoms with E-state index in [0.717, 1.165) is 0 Å². The van der Waals surface area contributed by atoms with Crippen LogP contribution in [0, 0.1) is 5.92 Å². The van der Waals surface area contributed by atoms with E-state index in [1.807, 2.05) is 0 Å². The number of esters is 1. The highest BCUT2D eigenvalue weighted by Gasteiger charge is 2.43. The monoisotopic (exact) mass is 543 g/mol. The fourth-order valence-corrected chi connectivity index (χ4v) is 4.28. The van der Waals surface area contributed by atoms with Gasteiger partial charge in [0.1, 0.15) is 22.6 Å². The van der Waals surface area contributed by atoms with Crippen LogP contribution in [0.5, 0.6) is 5.75 Å². The maximum absolute atomic E-state index is 14.0. The molecule has 1 aliphatic rings. The van der Waals surface area contributed by atoms with Crippen LogP contribution < -0.4 is 4.74 Å². The summed E-state index contributed by atoms with van der Waals surface area (Å²) in [5, 5.41) is 18.2. The number of carbonyl (C=O) groups is 1. The number of hydrogen-bond donors (Lipinski definition) is 1. The van der Waals surface area contributed by atoms with Gasteiger partial charge < -0.3 is 23.6 Å². The number of alkyl halides is 3. The third-order valence-electron chi connectivity index (χ3n) is 5.98. The zero-order valence-electron chi connectivity index (χ0n) is 21.2. The highest BCUT2D eigenvalue weighted by atomic mass is 19.4. The summed E-state index contributed by atoms with van der Waals surface area (Å²) in [4.78, 5) is 16.3. The molecule has 2 atom stereocenters. The second-order valence-corrected chi connectivity index (χ2v) is 10.1. The van der Waals surface area contributed by atoms with E-state index in [9.17, 15) is 23.1 Å². The standard InChI is InChI=1S/C27H24F3N3O6/c1-26(2,3)37-19(34)12-16-13-36-18-11-15(9-10-17(18)22(16)35)24-31-25(39-33-24)23-20(27(28,29)30)21(32-38-23)14-7-5-4-6-8-14/h4-11,16,22,35H,12-13H2,1-3H3/t16-,22-/m1/s1. The summed E-state index contributed by atoms with van der Waals surface area (Å²) < 4.78 is 63.3. The molecule has 12 heteroatoms. The van der Waals surface area contributed by atoms with Crippen molar-refractivity contribution < 1.29 is 41.6 Å². The summed E-state index contributed by atoms with van der Waals surface area (Å²) in [7, 11) is 0. The van der Waals surface area contributed by atoms with Gasteiger partial charge in [-0.15, -0.1) is 0 Å². The molecule has 0 radical (unpaired) electrons. The van der Waals surface area contributed by atoms with E-state index in [1.165, 1.54) is 18.2 Å². The quantitative estimate of drug-likeness (QED) is 0.309. The highest BCUT2D eigenvalue weighted by molar-refractivity contribution is 5.72. The normalized spacial score (nSPS) is 17.4. The van der Waals surface area contributed by atoms with Gasteiger partial charge >= 0.3 is 12.1 Å². The molecule has 4 aromatic rings. The summed E-state index contributed by atoms with van der Waals surface area (Å²) in [6, 6.07) is 12.5. The van der Waals surface area contributed by atoms with Crippen LogP contribution in [0.3, 0.4) is 0 Å². The number of aliphatic hydroxyl groups is 1. The Labute approximate surface area is 220 Å². The molecule has 0 spiro atoms. The maximum atomic E-state index is 14.0. The topological polar surface area (TPSA) is 121 Å². The zero-order chi connectivity index (χ0) is 27.9. The number of carbonyl (C=O) groups excluding carboxylic acids is 1. The Morgan fingerprint density at radius 3 is 2.49 bits per heavy atom. The molecular weight excluding hydrogens is 519 g/mol. The molecule has 204 valence electrons. The largest absolute Gasteiger partial charge is 0.493 e. The number of ether oxygens (including phenoxy) is 2. The number of aromatic nitrogens is 3. The first-order chi connectivity index (χ1) is 18.4. The third-order valence-corrected chi connectivity index (χ3v) is 5.98. The number of aliphatic hydroxyl groups excluding tert-OH is 1. The Morgan fingerprint density at radius 1 is 1.05 bits per heavy atom. The molecule has 0 saturated heterocycles. The van der Waals surface area contributed by atoms with Crippen LogP contribution in [-0.4, -0.2) is 38.6 Å². The van der Waals surface area contributed by atoms with Crippen molar-refractivity contribution in [1.82, 2.24) is 15.3 Å². The van der Waals surface area contributed by atoms with Crippen LogP contribution in [0.1, 0.15) is 44.4 Å². The van der Waals surface area contributed by atoms with Gasteiger partial charge in [0.15, 0.2) is 0 Å². The summed E-state index contributed by atoms with van der Waals surface area (Å²) in [6.07, 6.45) is -5.82. The van der Waals surface area contributed by atoms with Crippen LogP contribution >= 0.6 is 0 Å². The number of halogens is 3. The first-order valence-electron chi connectivity index (χ1n) is 12.0. The Bertz CT molecular complexity index is 1490. The molecule has 0 fully saturated rings. The number of rotatable bonds is 5. The van der Waals surface area contributed by atoms with Gasteiger partial charge in [0.05, 0.1) is 19.1 Å². The van der Waals surface area contributed by atoms with Crippen molar-refractivity contribution in [2.75, 3.05) is 6.61 Å². The predicted octanol–water partition coefficient (Wildman–Crippen LogP) is 5.85. The van der Waals surface area contributed by atoms with Crippen molar-refractivity contribution in [3.63, 3.8) is 0 Å². The van der Waals surface area contributed by atoms with E-state index >= 15 is 0 Å². The van der Waals surface area contributed by atoms with Gasteiger partial charge in [-0.2, -0.15) is 18.2 Å². The molecule has 0 saturated carbocycles. The van der Waals surface area contributed by atoms with Crippen LogP contribution in [-0.2, 0) is 15.7 Å². The summed E-state index contributed by atoms with van der Waals surface area (Å²) in [5.74, 6) is -1.85. The predicted molar refractivity (Wildman–Crippen MR) is 130 cm³/mol. The second kappa shape index (κ2) is 9.84. The molecule has 2 aromatic heterocycles.